The lowest BCUT2D eigenvalue weighted by atomic mass is 9.80. The Morgan fingerprint density at radius 2 is 1.30 bits per heavy atom. The zero-order valence-corrected chi connectivity index (χ0v) is 35.2. The molecule has 0 spiro atoms. The monoisotopic (exact) mass is 751 g/mol. The number of rotatable bonds is 6. The molecule has 8 aromatic rings. The van der Waals surface area contributed by atoms with Crippen molar-refractivity contribution in [2.24, 2.45) is 0 Å². The first-order valence-electron chi connectivity index (χ1n) is 19.9. The van der Waals surface area contributed by atoms with Gasteiger partial charge in [0.1, 0.15) is 17.3 Å². The van der Waals surface area contributed by atoms with Crippen LogP contribution in [-0.4, -0.2) is 19.1 Å². The highest BCUT2D eigenvalue weighted by Crippen LogP contribution is 2.38. The molecule has 0 saturated heterocycles. The molecule has 0 atom stereocenters. The molecular weight excluding hydrogens is 699 g/mol. The van der Waals surface area contributed by atoms with Crippen LogP contribution in [0.25, 0.3) is 50.1 Å². The van der Waals surface area contributed by atoms with E-state index >= 15 is 0 Å². The molecule has 4 aromatic carbocycles. The van der Waals surface area contributed by atoms with Gasteiger partial charge >= 0.3 is 0 Å². The van der Waals surface area contributed by atoms with Crippen molar-refractivity contribution < 1.29 is 9.30 Å². The summed E-state index contributed by atoms with van der Waals surface area (Å²) in [6, 6.07) is 36.9. The van der Waals surface area contributed by atoms with E-state index in [1.54, 1.807) is 6.20 Å². The molecule has 0 unspecified atom stereocenters. The van der Waals surface area contributed by atoms with Gasteiger partial charge < -0.3 is 4.74 Å². The summed E-state index contributed by atoms with van der Waals surface area (Å²) in [6.07, 6.45) is 9.21. The molecule has 6 nitrogen and oxygen atoms in total. The third-order valence-corrected chi connectivity index (χ3v) is 11.2. The van der Waals surface area contributed by atoms with E-state index in [1.807, 2.05) is 24.5 Å². The van der Waals surface area contributed by atoms with Crippen molar-refractivity contribution in [2.75, 3.05) is 0 Å². The fraction of sp³-hybridized carbons (Fsp3) is 0.275. The van der Waals surface area contributed by atoms with Gasteiger partial charge in [0.2, 0.25) is 0 Å². The summed E-state index contributed by atoms with van der Waals surface area (Å²) >= 11 is 0. The average Bonchev–Trinajstić information content (AvgIpc) is 3.66. The lowest BCUT2D eigenvalue weighted by Gasteiger charge is -2.26. The Hall–Kier alpha value is -6.01. The summed E-state index contributed by atoms with van der Waals surface area (Å²) in [5.74, 6) is 2.23. The number of hydrogen-bond donors (Lipinski definition) is 0. The molecule has 0 aliphatic rings. The number of imidazole rings is 1. The van der Waals surface area contributed by atoms with Crippen LogP contribution in [0.2, 0.25) is 0 Å². The van der Waals surface area contributed by atoms with Crippen molar-refractivity contribution in [1.29, 1.82) is 0 Å². The van der Waals surface area contributed by atoms with Crippen molar-refractivity contribution in [3.63, 3.8) is 0 Å². The van der Waals surface area contributed by atoms with Crippen molar-refractivity contribution >= 4 is 21.8 Å². The van der Waals surface area contributed by atoms with Crippen LogP contribution in [0.1, 0.15) is 90.4 Å². The molecule has 8 rings (SSSR count). The molecule has 0 saturated carbocycles. The minimum atomic E-state index is -0.0254. The van der Waals surface area contributed by atoms with E-state index in [0.717, 1.165) is 50.4 Å². The summed E-state index contributed by atoms with van der Waals surface area (Å²) in [4.78, 5) is 9.56. The summed E-state index contributed by atoms with van der Waals surface area (Å²) < 4.78 is 13.2. The third-order valence-electron chi connectivity index (χ3n) is 11.2. The molecule has 0 aliphatic heterocycles. The van der Waals surface area contributed by atoms with E-state index in [0.29, 0.717) is 11.5 Å². The number of pyridine rings is 2. The number of ether oxygens (including phenoxy) is 1. The highest BCUT2D eigenvalue weighted by Gasteiger charge is 2.23. The van der Waals surface area contributed by atoms with Crippen LogP contribution in [0.4, 0.5) is 0 Å². The van der Waals surface area contributed by atoms with Crippen LogP contribution in [0.3, 0.4) is 0 Å². The van der Waals surface area contributed by atoms with Gasteiger partial charge in [-0.25, -0.2) is 4.98 Å². The Morgan fingerprint density at radius 1 is 0.596 bits per heavy atom. The molecule has 288 valence electrons. The van der Waals surface area contributed by atoms with Gasteiger partial charge in [-0.15, -0.1) is 0 Å². The number of aromatic nitrogens is 5. The van der Waals surface area contributed by atoms with Gasteiger partial charge in [-0.2, -0.15) is 0 Å². The molecule has 57 heavy (non-hydrogen) atoms. The van der Waals surface area contributed by atoms with Gasteiger partial charge in [0, 0.05) is 29.2 Å². The summed E-state index contributed by atoms with van der Waals surface area (Å²) in [5.41, 5.74) is 12.5. The number of fused-ring (bicyclic) bond motifs is 3. The van der Waals surface area contributed by atoms with Gasteiger partial charge in [-0.05, 0) is 113 Å². The molecule has 0 fully saturated rings. The second-order valence-corrected chi connectivity index (χ2v) is 18.5. The van der Waals surface area contributed by atoms with Crippen molar-refractivity contribution in [1.82, 2.24) is 19.1 Å². The largest absolute Gasteiger partial charge is 0.456 e. The fourth-order valence-electron chi connectivity index (χ4n) is 7.53. The number of nitrogens with zero attached hydrogens (tertiary/aromatic N) is 5. The van der Waals surface area contributed by atoms with E-state index in [2.05, 4.69) is 192 Å². The molecule has 0 radical (unpaired) electrons. The number of hydrogen-bond acceptors (Lipinski definition) is 3. The van der Waals surface area contributed by atoms with Crippen LogP contribution in [-0.2, 0) is 16.2 Å². The van der Waals surface area contributed by atoms with Crippen molar-refractivity contribution in [2.45, 2.75) is 92.4 Å². The Morgan fingerprint density at radius 3 is 1.98 bits per heavy atom. The van der Waals surface area contributed by atoms with Crippen molar-refractivity contribution in [3.8, 4) is 39.8 Å². The van der Waals surface area contributed by atoms with Gasteiger partial charge in [0.05, 0.1) is 40.0 Å². The molecule has 0 bridgehead atoms. The van der Waals surface area contributed by atoms with Gasteiger partial charge in [-0.1, -0.05) is 105 Å². The topological polar surface area (TPSA) is 48.8 Å². The minimum Gasteiger partial charge on any atom is -0.456 e. The van der Waals surface area contributed by atoms with E-state index in [9.17, 15) is 0 Å². The standard InChI is InChI=1S/C51H53N5O/c1-33-34(2)55(32-54(33)40-25-38(50(6,7)8)24-39(26-40)51(9,10)11)41-28-43(31-52-30-41)57-42-18-19-44-45-23-36(35-15-13-12-14-16-35)17-20-46(45)56(47(44)29-42)48-27-37(21-22-53-48)49(3,4)5/h12-31H,1-11H3. The maximum absolute atomic E-state index is 6.64. The fourth-order valence-corrected chi connectivity index (χ4v) is 7.53. The van der Waals surface area contributed by atoms with Crippen LogP contribution in [0.5, 0.6) is 11.5 Å². The Bertz CT molecular complexity index is 2750. The van der Waals surface area contributed by atoms with Gasteiger partial charge in [-0.3, -0.25) is 18.7 Å². The number of benzene rings is 4. The van der Waals surface area contributed by atoms with E-state index in [-0.39, 0.29) is 16.2 Å². The molecule has 4 aromatic heterocycles. The van der Waals surface area contributed by atoms with Crippen LogP contribution < -0.4 is 9.30 Å². The minimum absolute atomic E-state index is 0.00707. The lowest BCUT2D eigenvalue weighted by molar-refractivity contribution is -0.606. The maximum Gasteiger partial charge on any atom is 0.269 e. The predicted octanol–water partition coefficient (Wildman–Crippen LogP) is 12.4. The highest BCUT2D eigenvalue weighted by atomic mass is 16.5. The van der Waals surface area contributed by atoms with Crippen LogP contribution in [0.15, 0.2) is 122 Å². The third kappa shape index (κ3) is 7.25. The van der Waals surface area contributed by atoms with Gasteiger partial charge in [0.25, 0.3) is 6.33 Å². The van der Waals surface area contributed by atoms with Crippen LogP contribution >= 0.6 is 0 Å². The zero-order valence-electron chi connectivity index (χ0n) is 35.2. The van der Waals surface area contributed by atoms with Crippen LogP contribution in [0, 0.1) is 20.2 Å². The Labute approximate surface area is 337 Å². The lowest BCUT2D eigenvalue weighted by Crippen LogP contribution is -2.33. The first-order chi connectivity index (χ1) is 27.0. The van der Waals surface area contributed by atoms with E-state index in [4.69, 9.17) is 9.72 Å². The van der Waals surface area contributed by atoms with Gasteiger partial charge in [0.15, 0.2) is 0 Å². The first kappa shape index (κ1) is 37.9. The average molecular weight is 752 g/mol. The van der Waals surface area contributed by atoms with E-state index < -0.39 is 0 Å². The Balaban J connectivity index is 1.20. The molecular formula is C51H53N5O. The Kier molecular flexibility index (Phi) is 9.22. The SMILES string of the molecule is Cc1c(C)[n+](-c2cc(C(C)(C)C)cc(C(C)(C)C)c2)[c-]n1-c1cncc(Oc2ccc3c4cc(-c5ccccc5)ccc4n(-c4cc(C(C)(C)C)ccn4)c3c2)c1. The first-order valence-corrected chi connectivity index (χ1v) is 19.9. The summed E-state index contributed by atoms with van der Waals surface area (Å²) in [5, 5.41) is 2.29. The molecule has 4 heterocycles. The molecule has 6 heteroatoms. The smallest absolute Gasteiger partial charge is 0.269 e. The maximum atomic E-state index is 6.64. The molecule has 0 N–H and O–H groups in total. The second kappa shape index (κ2) is 13.9. The molecule has 0 aliphatic carbocycles. The summed E-state index contributed by atoms with van der Waals surface area (Å²) in [7, 11) is 0. The highest BCUT2D eigenvalue weighted by molar-refractivity contribution is 6.10. The zero-order chi connectivity index (χ0) is 40.4. The quantitative estimate of drug-likeness (QED) is 0.126. The predicted molar refractivity (Wildman–Crippen MR) is 234 cm³/mol. The van der Waals surface area contributed by atoms with E-state index in [1.165, 1.54) is 27.8 Å². The normalized spacial score (nSPS) is 12.5. The summed E-state index contributed by atoms with van der Waals surface area (Å²) in [6.45, 7) is 24.6. The molecule has 0 amide bonds. The second-order valence-electron chi connectivity index (χ2n) is 18.5. The van der Waals surface area contributed by atoms with Crippen molar-refractivity contribution in [3.05, 3.63) is 156 Å².